The Balaban J connectivity index is 2.21. The molecule has 2 heterocycles. The molecule has 0 amide bonds. The first-order valence-electron chi connectivity index (χ1n) is 7.22. The van der Waals surface area contributed by atoms with Crippen molar-refractivity contribution in [3.05, 3.63) is 18.7 Å². The van der Waals surface area contributed by atoms with Gasteiger partial charge in [-0.2, -0.15) is 9.97 Å². The molecule has 24 heavy (non-hydrogen) atoms. The van der Waals surface area contributed by atoms with Crippen LogP contribution in [0.4, 0.5) is 4.39 Å². The van der Waals surface area contributed by atoms with Gasteiger partial charge in [-0.05, 0) is 0 Å². The van der Waals surface area contributed by atoms with Gasteiger partial charge in [-0.3, -0.25) is 0 Å². The fraction of sp³-hybridized carbons (Fsp3) is 0.533. The van der Waals surface area contributed by atoms with Gasteiger partial charge in [0.2, 0.25) is 11.8 Å². The van der Waals surface area contributed by atoms with E-state index < -0.39 is 24.3 Å². The molecule has 0 aliphatic carbocycles. The third-order valence-corrected chi connectivity index (χ3v) is 3.34. The summed E-state index contributed by atoms with van der Waals surface area (Å²) in [6.07, 6.45) is 0.305. The number of alkyl halides is 1. The number of methoxy groups -OCH3 is 2. The molecule has 1 aliphatic heterocycles. The first-order chi connectivity index (χ1) is 11.5. The van der Waals surface area contributed by atoms with Gasteiger partial charge < -0.3 is 23.7 Å². The van der Waals surface area contributed by atoms with Crippen molar-refractivity contribution >= 4 is 5.97 Å². The standard InChI is InChI=1S/C15H19FN2O6/c1-4-6-23-13(19)15(16)9-22-7-5-10(15)24-14-17-11(20-2)8-12(18-14)21-3/h4,8,10H,1,5-7,9H2,2-3H3. The van der Waals surface area contributed by atoms with Crippen LogP contribution in [0.5, 0.6) is 17.8 Å². The van der Waals surface area contributed by atoms with E-state index >= 15 is 4.39 Å². The molecule has 0 spiro atoms. The summed E-state index contributed by atoms with van der Waals surface area (Å²) < 4.78 is 40.5. The molecule has 1 fully saturated rings. The van der Waals surface area contributed by atoms with Gasteiger partial charge in [0, 0.05) is 6.42 Å². The van der Waals surface area contributed by atoms with Crippen molar-refractivity contribution in [2.45, 2.75) is 18.2 Å². The molecular weight excluding hydrogens is 323 g/mol. The second-order valence-electron chi connectivity index (χ2n) is 4.93. The maximum atomic E-state index is 15.1. The van der Waals surface area contributed by atoms with Gasteiger partial charge in [0.1, 0.15) is 6.61 Å². The zero-order valence-electron chi connectivity index (χ0n) is 13.5. The van der Waals surface area contributed by atoms with Crippen LogP contribution in [0, 0.1) is 0 Å². The molecule has 0 radical (unpaired) electrons. The van der Waals surface area contributed by atoms with Gasteiger partial charge in [0.05, 0.1) is 33.5 Å². The lowest BCUT2D eigenvalue weighted by Gasteiger charge is -2.34. The van der Waals surface area contributed by atoms with Gasteiger partial charge in [0.15, 0.2) is 6.10 Å². The Morgan fingerprint density at radius 1 is 1.46 bits per heavy atom. The molecule has 1 aromatic rings. The van der Waals surface area contributed by atoms with Gasteiger partial charge in [-0.15, -0.1) is 0 Å². The van der Waals surface area contributed by atoms with Crippen LogP contribution in [0.3, 0.4) is 0 Å². The Hall–Kier alpha value is -2.42. The van der Waals surface area contributed by atoms with Gasteiger partial charge in [0.25, 0.3) is 5.67 Å². The monoisotopic (exact) mass is 342 g/mol. The molecule has 1 aromatic heterocycles. The van der Waals surface area contributed by atoms with E-state index in [9.17, 15) is 4.79 Å². The summed E-state index contributed by atoms with van der Waals surface area (Å²) in [4.78, 5) is 20.0. The average Bonchev–Trinajstić information content (AvgIpc) is 2.61. The molecule has 9 heteroatoms. The summed E-state index contributed by atoms with van der Waals surface area (Å²) in [6.45, 7) is 3.06. The zero-order chi connectivity index (χ0) is 17.6. The predicted octanol–water partition coefficient (Wildman–Crippen LogP) is 1.10. The summed E-state index contributed by atoms with van der Waals surface area (Å²) in [5.41, 5.74) is -2.47. The van der Waals surface area contributed by atoms with Crippen LogP contribution in [-0.2, 0) is 14.3 Å². The quantitative estimate of drug-likeness (QED) is 0.538. The molecule has 0 saturated carbocycles. The number of nitrogens with zero attached hydrogens (tertiary/aromatic N) is 2. The first kappa shape index (κ1) is 17.9. The zero-order valence-corrected chi connectivity index (χ0v) is 13.5. The lowest BCUT2D eigenvalue weighted by atomic mass is 9.95. The Morgan fingerprint density at radius 3 is 2.71 bits per heavy atom. The third-order valence-electron chi connectivity index (χ3n) is 3.34. The van der Waals surface area contributed by atoms with Crippen LogP contribution in [-0.4, -0.2) is 61.8 Å². The van der Waals surface area contributed by atoms with Crippen LogP contribution in [0.1, 0.15) is 6.42 Å². The van der Waals surface area contributed by atoms with E-state index in [4.69, 9.17) is 23.7 Å². The lowest BCUT2D eigenvalue weighted by molar-refractivity contribution is -0.179. The van der Waals surface area contributed by atoms with Gasteiger partial charge in [-0.1, -0.05) is 12.7 Å². The highest BCUT2D eigenvalue weighted by Gasteiger charge is 2.52. The molecule has 8 nitrogen and oxygen atoms in total. The van der Waals surface area contributed by atoms with Crippen molar-refractivity contribution in [3.63, 3.8) is 0 Å². The number of aromatic nitrogens is 2. The molecule has 2 unspecified atom stereocenters. The summed E-state index contributed by atoms with van der Waals surface area (Å²) in [7, 11) is 2.82. The minimum Gasteiger partial charge on any atom is -0.481 e. The first-order valence-corrected chi connectivity index (χ1v) is 7.22. The lowest BCUT2D eigenvalue weighted by Crippen LogP contribution is -2.56. The highest BCUT2D eigenvalue weighted by molar-refractivity contribution is 5.80. The van der Waals surface area contributed by atoms with Crippen LogP contribution in [0.2, 0.25) is 0 Å². The summed E-state index contributed by atoms with van der Waals surface area (Å²) in [6, 6.07) is 1.27. The van der Waals surface area contributed by atoms with Crippen molar-refractivity contribution in [1.82, 2.24) is 9.97 Å². The molecule has 1 aliphatic rings. The number of carbonyl (C=O) groups excluding carboxylic acids is 1. The summed E-state index contributed by atoms with van der Waals surface area (Å²) >= 11 is 0. The van der Waals surface area contributed by atoms with Crippen molar-refractivity contribution in [2.75, 3.05) is 34.0 Å². The molecule has 132 valence electrons. The largest absolute Gasteiger partial charge is 0.481 e. The van der Waals surface area contributed by atoms with Crippen LogP contribution < -0.4 is 14.2 Å². The normalized spacial score (nSPS) is 23.2. The summed E-state index contributed by atoms with van der Waals surface area (Å²) in [5, 5.41) is 0. The number of hydrogen-bond acceptors (Lipinski definition) is 8. The van der Waals surface area contributed by atoms with Crippen LogP contribution >= 0.6 is 0 Å². The molecule has 0 aromatic carbocycles. The van der Waals surface area contributed by atoms with Crippen LogP contribution in [0.25, 0.3) is 0 Å². The van der Waals surface area contributed by atoms with E-state index in [1.54, 1.807) is 0 Å². The van der Waals surface area contributed by atoms with Gasteiger partial charge >= 0.3 is 12.0 Å². The second-order valence-corrected chi connectivity index (χ2v) is 4.93. The molecule has 2 atom stereocenters. The Morgan fingerprint density at radius 2 is 2.12 bits per heavy atom. The maximum absolute atomic E-state index is 15.1. The van der Waals surface area contributed by atoms with Crippen LogP contribution in [0.15, 0.2) is 18.7 Å². The van der Waals surface area contributed by atoms with E-state index in [1.165, 1.54) is 26.4 Å². The Bertz CT molecular complexity index is 577. The minimum absolute atomic E-state index is 0.110. The second kappa shape index (κ2) is 7.91. The molecule has 1 saturated heterocycles. The maximum Gasteiger partial charge on any atom is 0.350 e. The SMILES string of the molecule is C=CCOC(=O)C1(F)COCCC1Oc1nc(OC)cc(OC)n1. The van der Waals surface area contributed by atoms with E-state index in [0.717, 1.165) is 0 Å². The number of esters is 1. The highest BCUT2D eigenvalue weighted by Crippen LogP contribution is 2.30. The van der Waals surface area contributed by atoms with Gasteiger partial charge in [-0.25, -0.2) is 9.18 Å². The van der Waals surface area contributed by atoms with E-state index in [0.29, 0.717) is 0 Å². The van der Waals surface area contributed by atoms with E-state index in [2.05, 4.69) is 16.5 Å². The fourth-order valence-electron chi connectivity index (χ4n) is 2.10. The highest BCUT2D eigenvalue weighted by atomic mass is 19.1. The predicted molar refractivity (Wildman–Crippen MR) is 80.0 cm³/mol. The molecule has 0 N–H and O–H groups in total. The topological polar surface area (TPSA) is 89.0 Å². The summed E-state index contributed by atoms with van der Waals surface area (Å²) in [5.74, 6) is -0.716. The Kier molecular flexibility index (Phi) is 5.91. The average molecular weight is 342 g/mol. The van der Waals surface area contributed by atoms with E-state index in [-0.39, 0.29) is 37.4 Å². The fourth-order valence-corrected chi connectivity index (χ4v) is 2.10. The van der Waals surface area contributed by atoms with Crippen molar-refractivity contribution in [1.29, 1.82) is 0 Å². The number of carbonyl (C=O) groups is 1. The van der Waals surface area contributed by atoms with E-state index in [1.807, 2.05) is 0 Å². The number of rotatable bonds is 7. The smallest absolute Gasteiger partial charge is 0.350 e. The Labute approximate surface area is 138 Å². The van der Waals surface area contributed by atoms with Crippen molar-refractivity contribution in [3.8, 4) is 17.8 Å². The van der Waals surface area contributed by atoms with Crippen molar-refractivity contribution in [2.24, 2.45) is 0 Å². The minimum atomic E-state index is -2.47. The molecule has 2 rings (SSSR count). The van der Waals surface area contributed by atoms with Crippen molar-refractivity contribution < 1.29 is 32.9 Å². The number of ether oxygens (including phenoxy) is 5. The molecular formula is C15H19FN2O6. The molecule has 0 bridgehead atoms. The number of halogens is 1. The third kappa shape index (κ3) is 3.91. The number of hydrogen-bond donors (Lipinski definition) is 0.